The first-order valence-corrected chi connectivity index (χ1v) is 17.0. The number of nitrogens with one attached hydrogen (secondary N) is 1. The van der Waals surface area contributed by atoms with Crippen LogP contribution in [0.2, 0.25) is 0 Å². The maximum absolute atomic E-state index is 14.3. The molecule has 0 radical (unpaired) electrons. The van der Waals surface area contributed by atoms with E-state index in [1.807, 2.05) is 38.2 Å². The number of aryl methyl sites for hydroxylation is 2. The lowest BCUT2D eigenvalue weighted by Crippen LogP contribution is -2.45. The van der Waals surface area contributed by atoms with E-state index in [0.29, 0.717) is 18.0 Å². The van der Waals surface area contributed by atoms with Gasteiger partial charge in [0.1, 0.15) is 11.6 Å². The number of ether oxygens (including phenoxy) is 1. The second kappa shape index (κ2) is 12.3. The molecule has 0 saturated carbocycles. The van der Waals surface area contributed by atoms with Crippen molar-refractivity contribution in [3.8, 4) is 17.1 Å². The number of hydrogen-bond donors (Lipinski definition) is 1. The first-order valence-electron chi connectivity index (χ1n) is 14.7. The van der Waals surface area contributed by atoms with E-state index in [9.17, 15) is 13.2 Å². The summed E-state index contributed by atoms with van der Waals surface area (Å²) in [6.07, 6.45) is 2.49. The molecule has 2 aromatic carbocycles. The Morgan fingerprint density at radius 3 is 2.43 bits per heavy atom. The van der Waals surface area contributed by atoms with Crippen molar-refractivity contribution in [2.75, 3.05) is 11.3 Å². The monoisotopic (exact) mass is 633 g/mol. The van der Waals surface area contributed by atoms with Crippen molar-refractivity contribution in [1.29, 1.82) is 0 Å². The van der Waals surface area contributed by atoms with E-state index in [1.165, 1.54) is 12.1 Å². The number of thiazole rings is 1. The average molecular weight is 634 g/mol. The standard InChI is InChI=1S/C33H39N5O4S2/c1-20(2)27-17-34-29(43-27)18-38-24(16-33(5,6)7)19-42-28-15-26(30-21(3)10-8-11-22(30)4)35-32(36-28)37-44(40,41)25-13-9-12-23(14-25)31(38)39/h8-15,17,20,24H,16,18-19H2,1-7H3,(H,35,36,37)/t24-/m1/s1. The zero-order valence-corrected chi connectivity index (χ0v) is 27.8. The van der Waals surface area contributed by atoms with Gasteiger partial charge in [0.05, 0.1) is 23.2 Å². The van der Waals surface area contributed by atoms with Crippen LogP contribution in [0.1, 0.15) is 78.3 Å². The maximum atomic E-state index is 14.3. The number of carbonyl (C=O) groups excluding carboxylic acids is 1. The zero-order chi connectivity index (χ0) is 31.8. The van der Waals surface area contributed by atoms with Crippen molar-refractivity contribution in [3.05, 3.63) is 81.3 Å². The Morgan fingerprint density at radius 2 is 1.77 bits per heavy atom. The summed E-state index contributed by atoms with van der Waals surface area (Å²) in [4.78, 5) is 30.8. The Hall–Kier alpha value is -3.83. The van der Waals surface area contributed by atoms with E-state index < -0.39 is 10.0 Å². The molecular weight excluding hydrogens is 595 g/mol. The van der Waals surface area contributed by atoms with Crippen LogP contribution in [0.15, 0.2) is 59.6 Å². The third kappa shape index (κ3) is 7.10. The number of benzene rings is 2. The highest BCUT2D eigenvalue weighted by molar-refractivity contribution is 7.92. The zero-order valence-electron chi connectivity index (χ0n) is 26.2. The molecule has 44 heavy (non-hydrogen) atoms. The van der Waals surface area contributed by atoms with Crippen molar-refractivity contribution >= 4 is 33.2 Å². The molecule has 4 aromatic rings. The van der Waals surface area contributed by atoms with E-state index in [-0.39, 0.29) is 52.8 Å². The maximum Gasteiger partial charge on any atom is 0.264 e. The molecule has 5 rings (SSSR count). The van der Waals surface area contributed by atoms with Gasteiger partial charge >= 0.3 is 0 Å². The summed E-state index contributed by atoms with van der Waals surface area (Å²) < 4.78 is 36.0. The van der Waals surface area contributed by atoms with Gasteiger partial charge in [-0.05, 0) is 60.9 Å². The van der Waals surface area contributed by atoms with Gasteiger partial charge in [-0.1, -0.05) is 58.9 Å². The SMILES string of the molecule is Cc1cccc(C)c1-c1cc2nc(n1)NS(=O)(=O)c1cccc(c1)C(=O)N(Cc1ncc(C(C)C)s1)[C@H](CC(C)(C)C)CO2. The summed E-state index contributed by atoms with van der Waals surface area (Å²) in [6.45, 7) is 15.0. The summed E-state index contributed by atoms with van der Waals surface area (Å²) >= 11 is 1.58. The quantitative estimate of drug-likeness (QED) is 0.252. The van der Waals surface area contributed by atoms with Crippen LogP contribution in [-0.4, -0.2) is 46.8 Å². The van der Waals surface area contributed by atoms with Gasteiger partial charge in [0.25, 0.3) is 15.9 Å². The average Bonchev–Trinajstić information content (AvgIpc) is 3.42. The molecule has 2 aromatic heterocycles. The Balaban J connectivity index is 1.67. The highest BCUT2D eigenvalue weighted by Crippen LogP contribution is 2.32. The van der Waals surface area contributed by atoms with E-state index in [1.54, 1.807) is 34.4 Å². The second-order valence-corrected chi connectivity index (χ2v) is 15.6. The van der Waals surface area contributed by atoms with Gasteiger partial charge in [0, 0.05) is 28.3 Å². The Morgan fingerprint density at radius 1 is 1.07 bits per heavy atom. The number of aromatic nitrogens is 3. The smallest absolute Gasteiger partial charge is 0.264 e. The lowest BCUT2D eigenvalue weighted by molar-refractivity contribution is 0.0513. The molecule has 1 aliphatic heterocycles. The molecule has 4 bridgehead atoms. The number of nitrogens with zero attached hydrogens (tertiary/aromatic N) is 4. The topological polar surface area (TPSA) is 114 Å². The molecule has 0 unspecified atom stereocenters. The summed E-state index contributed by atoms with van der Waals surface area (Å²) in [5.41, 5.74) is 3.49. The van der Waals surface area contributed by atoms with E-state index in [4.69, 9.17) is 4.74 Å². The third-order valence-corrected chi connectivity index (χ3v) is 10.1. The fourth-order valence-electron chi connectivity index (χ4n) is 5.36. The number of fused-ring (bicyclic) bond motifs is 4. The number of amides is 1. The molecule has 0 aliphatic carbocycles. The predicted molar refractivity (Wildman–Crippen MR) is 174 cm³/mol. The molecule has 1 aliphatic rings. The lowest BCUT2D eigenvalue weighted by Gasteiger charge is -2.35. The fraction of sp³-hybridized carbons (Fsp3) is 0.394. The molecule has 1 N–H and O–H groups in total. The van der Waals surface area contributed by atoms with Crippen LogP contribution in [0.3, 0.4) is 0 Å². The van der Waals surface area contributed by atoms with Crippen LogP contribution in [0.4, 0.5) is 5.95 Å². The first kappa shape index (κ1) is 31.6. The fourth-order valence-corrected chi connectivity index (χ4v) is 7.27. The van der Waals surface area contributed by atoms with E-state index in [2.05, 4.69) is 54.3 Å². The first-order chi connectivity index (χ1) is 20.7. The van der Waals surface area contributed by atoms with Crippen LogP contribution >= 0.6 is 11.3 Å². The third-order valence-electron chi connectivity index (χ3n) is 7.48. The second-order valence-electron chi connectivity index (χ2n) is 12.8. The van der Waals surface area contributed by atoms with Crippen molar-refractivity contribution in [3.63, 3.8) is 0 Å². The van der Waals surface area contributed by atoms with Crippen LogP contribution in [0, 0.1) is 19.3 Å². The van der Waals surface area contributed by atoms with Gasteiger partial charge in [0.15, 0.2) is 0 Å². The molecule has 3 heterocycles. The number of rotatable bonds is 5. The lowest BCUT2D eigenvalue weighted by atomic mass is 9.87. The minimum absolute atomic E-state index is 0.0604. The molecule has 0 saturated heterocycles. The summed E-state index contributed by atoms with van der Waals surface area (Å²) in [7, 11) is -4.14. The van der Waals surface area contributed by atoms with Gasteiger partial charge in [0.2, 0.25) is 11.8 Å². The number of hydrogen-bond acceptors (Lipinski definition) is 8. The molecule has 9 nitrogen and oxygen atoms in total. The Kier molecular flexibility index (Phi) is 8.82. The van der Waals surface area contributed by atoms with Crippen LogP contribution in [0.25, 0.3) is 11.3 Å². The Labute approximate surface area is 263 Å². The van der Waals surface area contributed by atoms with Gasteiger partial charge < -0.3 is 9.64 Å². The van der Waals surface area contributed by atoms with Gasteiger partial charge in [-0.3, -0.25) is 4.79 Å². The Bertz CT molecular complexity index is 1770. The van der Waals surface area contributed by atoms with Crippen molar-refractivity contribution < 1.29 is 17.9 Å². The molecule has 0 spiro atoms. The van der Waals surface area contributed by atoms with E-state index >= 15 is 0 Å². The minimum atomic E-state index is -4.14. The molecule has 11 heteroatoms. The van der Waals surface area contributed by atoms with E-state index in [0.717, 1.165) is 26.6 Å². The van der Waals surface area contributed by atoms with Crippen LogP contribution in [-0.2, 0) is 16.6 Å². The van der Waals surface area contributed by atoms with Crippen molar-refractivity contribution in [2.45, 2.75) is 78.3 Å². The number of sulfonamides is 1. The highest BCUT2D eigenvalue weighted by Gasteiger charge is 2.32. The van der Waals surface area contributed by atoms with Crippen molar-refractivity contribution in [1.82, 2.24) is 19.9 Å². The minimum Gasteiger partial charge on any atom is -0.475 e. The van der Waals surface area contributed by atoms with Crippen molar-refractivity contribution in [2.24, 2.45) is 5.41 Å². The summed E-state index contributed by atoms with van der Waals surface area (Å²) in [6, 6.07) is 13.4. The van der Waals surface area contributed by atoms with Gasteiger partial charge in [-0.15, -0.1) is 11.3 Å². The van der Waals surface area contributed by atoms with Gasteiger partial charge in [-0.2, -0.15) is 4.98 Å². The molecule has 1 amide bonds. The summed E-state index contributed by atoms with van der Waals surface area (Å²) in [5, 5.41) is 0.803. The number of carbonyl (C=O) groups is 1. The number of anilines is 1. The highest BCUT2D eigenvalue weighted by atomic mass is 32.2. The van der Waals surface area contributed by atoms with Crippen LogP contribution in [0.5, 0.6) is 5.88 Å². The molecular formula is C33H39N5O4S2. The summed E-state index contributed by atoms with van der Waals surface area (Å²) in [5.74, 6) is 0.121. The van der Waals surface area contributed by atoms with Crippen LogP contribution < -0.4 is 9.46 Å². The molecule has 1 atom stereocenters. The normalized spacial score (nSPS) is 16.9. The molecule has 232 valence electrons. The largest absolute Gasteiger partial charge is 0.475 e. The van der Waals surface area contributed by atoms with Gasteiger partial charge in [-0.25, -0.2) is 23.1 Å². The predicted octanol–water partition coefficient (Wildman–Crippen LogP) is 6.98. The molecule has 0 fully saturated rings.